The van der Waals surface area contributed by atoms with Crippen LogP contribution >= 0.6 is 27.7 Å². The molecule has 2 aromatic rings. The van der Waals surface area contributed by atoms with Crippen molar-refractivity contribution in [3.05, 3.63) is 63.9 Å². The Bertz CT molecular complexity index is 619. The highest BCUT2D eigenvalue weighted by Crippen LogP contribution is 2.24. The minimum atomic E-state index is -0.614. The zero-order chi connectivity index (χ0) is 15.4. The summed E-state index contributed by atoms with van der Waals surface area (Å²) < 4.78 is 40.5. The van der Waals surface area contributed by atoms with Gasteiger partial charge in [0, 0.05) is 22.3 Å². The monoisotopic (exact) mass is 375 g/mol. The van der Waals surface area contributed by atoms with Crippen LogP contribution in [0.4, 0.5) is 13.2 Å². The highest BCUT2D eigenvalue weighted by molar-refractivity contribution is 9.10. The number of hydrogen-bond donors (Lipinski definition) is 1. The Kier molecular flexibility index (Phi) is 5.72. The van der Waals surface area contributed by atoms with Crippen LogP contribution in [0.2, 0.25) is 0 Å². The highest BCUT2D eigenvalue weighted by Gasteiger charge is 2.15. The Morgan fingerprint density at radius 1 is 1.05 bits per heavy atom. The topological polar surface area (TPSA) is 26.0 Å². The number of hydrogen-bond acceptors (Lipinski definition) is 2. The molecule has 0 saturated heterocycles. The van der Waals surface area contributed by atoms with Gasteiger partial charge in [-0.25, -0.2) is 13.2 Å². The van der Waals surface area contributed by atoms with Gasteiger partial charge in [-0.15, -0.1) is 11.8 Å². The largest absolute Gasteiger partial charge is 0.327 e. The molecule has 0 heterocycles. The lowest BCUT2D eigenvalue weighted by Crippen LogP contribution is -2.26. The minimum Gasteiger partial charge on any atom is -0.327 e. The molecule has 1 nitrogen and oxygen atoms in total. The SMILES string of the molecule is NC(CSc1ccc(F)cc1)Cc1c(F)ccc(Br)c1F. The van der Waals surface area contributed by atoms with Crippen LogP contribution in [0.1, 0.15) is 5.56 Å². The molecular formula is C15H13BrF3NS. The smallest absolute Gasteiger partial charge is 0.143 e. The van der Waals surface area contributed by atoms with Gasteiger partial charge in [-0.2, -0.15) is 0 Å². The Hall–Kier alpha value is -0.980. The van der Waals surface area contributed by atoms with Gasteiger partial charge in [-0.3, -0.25) is 0 Å². The highest BCUT2D eigenvalue weighted by atomic mass is 79.9. The standard InChI is InChI=1S/C15H13BrF3NS/c16-13-5-6-14(18)12(15(13)19)7-10(20)8-21-11-3-1-9(17)2-4-11/h1-6,10H,7-8,20H2. The van der Waals surface area contributed by atoms with Crippen molar-refractivity contribution in [3.8, 4) is 0 Å². The average molecular weight is 376 g/mol. The predicted octanol–water partition coefficient (Wildman–Crippen LogP) is 4.53. The average Bonchev–Trinajstić information content (AvgIpc) is 2.47. The van der Waals surface area contributed by atoms with E-state index in [2.05, 4.69) is 15.9 Å². The molecule has 0 aromatic heterocycles. The summed E-state index contributed by atoms with van der Waals surface area (Å²) in [6.07, 6.45) is 0.102. The van der Waals surface area contributed by atoms with Gasteiger partial charge >= 0.3 is 0 Å². The van der Waals surface area contributed by atoms with Crippen molar-refractivity contribution in [1.82, 2.24) is 0 Å². The lowest BCUT2D eigenvalue weighted by Gasteiger charge is -2.13. The van der Waals surface area contributed by atoms with E-state index >= 15 is 0 Å². The summed E-state index contributed by atoms with van der Waals surface area (Å²) in [5.74, 6) is -1.03. The first-order chi connectivity index (χ1) is 9.97. The second kappa shape index (κ2) is 7.33. The minimum absolute atomic E-state index is 0.0171. The van der Waals surface area contributed by atoms with Crippen LogP contribution < -0.4 is 5.73 Å². The van der Waals surface area contributed by atoms with Crippen molar-refractivity contribution in [2.24, 2.45) is 5.73 Å². The number of nitrogens with two attached hydrogens (primary N) is 1. The summed E-state index contributed by atoms with van der Waals surface area (Å²) in [5.41, 5.74) is 5.91. The van der Waals surface area contributed by atoms with Gasteiger partial charge in [0.25, 0.3) is 0 Å². The van der Waals surface area contributed by atoms with Crippen molar-refractivity contribution >= 4 is 27.7 Å². The third-order valence-corrected chi connectivity index (χ3v) is 4.70. The number of rotatable bonds is 5. The maximum Gasteiger partial charge on any atom is 0.143 e. The summed E-state index contributed by atoms with van der Waals surface area (Å²) >= 11 is 4.45. The van der Waals surface area contributed by atoms with Gasteiger partial charge < -0.3 is 5.73 Å². The predicted molar refractivity (Wildman–Crippen MR) is 82.9 cm³/mol. The molecule has 0 radical (unpaired) electrons. The van der Waals surface area contributed by atoms with E-state index < -0.39 is 17.7 Å². The lowest BCUT2D eigenvalue weighted by molar-refractivity contribution is 0.539. The van der Waals surface area contributed by atoms with Crippen LogP contribution in [0.5, 0.6) is 0 Å². The van der Waals surface area contributed by atoms with E-state index in [9.17, 15) is 13.2 Å². The van der Waals surface area contributed by atoms with E-state index in [-0.39, 0.29) is 22.3 Å². The van der Waals surface area contributed by atoms with Crippen LogP contribution in [0.25, 0.3) is 0 Å². The molecule has 0 amide bonds. The van der Waals surface area contributed by atoms with Crippen molar-refractivity contribution in [1.29, 1.82) is 0 Å². The molecule has 0 saturated carbocycles. The van der Waals surface area contributed by atoms with Crippen LogP contribution in [0.3, 0.4) is 0 Å². The first-order valence-electron chi connectivity index (χ1n) is 6.23. The van der Waals surface area contributed by atoms with Crippen molar-refractivity contribution in [2.75, 3.05) is 5.75 Å². The molecule has 0 aliphatic carbocycles. The van der Waals surface area contributed by atoms with Crippen molar-refractivity contribution in [2.45, 2.75) is 17.4 Å². The van der Waals surface area contributed by atoms with E-state index in [1.54, 1.807) is 12.1 Å². The molecule has 0 aliphatic heterocycles. The molecule has 112 valence electrons. The molecule has 6 heteroatoms. The van der Waals surface area contributed by atoms with E-state index in [1.165, 1.54) is 36.0 Å². The van der Waals surface area contributed by atoms with Crippen molar-refractivity contribution < 1.29 is 13.2 Å². The van der Waals surface area contributed by atoms with E-state index in [1.807, 2.05) is 0 Å². The van der Waals surface area contributed by atoms with Gasteiger partial charge in [0.05, 0.1) is 4.47 Å². The van der Waals surface area contributed by atoms with Gasteiger partial charge in [0.2, 0.25) is 0 Å². The Labute approximate surface area is 133 Å². The van der Waals surface area contributed by atoms with Crippen LogP contribution in [-0.4, -0.2) is 11.8 Å². The van der Waals surface area contributed by atoms with Crippen LogP contribution in [0.15, 0.2) is 45.8 Å². The van der Waals surface area contributed by atoms with E-state index in [4.69, 9.17) is 5.73 Å². The molecule has 0 bridgehead atoms. The Balaban J connectivity index is 1.97. The second-order valence-corrected chi connectivity index (χ2v) is 6.50. The van der Waals surface area contributed by atoms with Gasteiger partial charge in [-0.05, 0) is 58.7 Å². The Morgan fingerprint density at radius 3 is 2.38 bits per heavy atom. The quantitative estimate of drug-likeness (QED) is 0.613. The third kappa shape index (κ3) is 4.49. The molecule has 2 N–H and O–H groups in total. The van der Waals surface area contributed by atoms with Crippen molar-refractivity contribution in [3.63, 3.8) is 0 Å². The number of thioether (sulfide) groups is 1. The fraction of sp³-hybridized carbons (Fsp3) is 0.200. The molecule has 0 fully saturated rings. The first-order valence-corrected chi connectivity index (χ1v) is 8.01. The molecular weight excluding hydrogens is 363 g/mol. The van der Waals surface area contributed by atoms with E-state index in [0.717, 1.165) is 4.90 Å². The van der Waals surface area contributed by atoms with Gasteiger partial charge in [0.15, 0.2) is 0 Å². The van der Waals surface area contributed by atoms with Crippen LogP contribution in [-0.2, 0) is 6.42 Å². The number of benzene rings is 2. The van der Waals surface area contributed by atoms with E-state index in [0.29, 0.717) is 5.75 Å². The summed E-state index contributed by atoms with van der Waals surface area (Å²) in [7, 11) is 0. The zero-order valence-corrected chi connectivity index (χ0v) is 13.4. The lowest BCUT2D eigenvalue weighted by atomic mass is 10.1. The third-order valence-electron chi connectivity index (χ3n) is 2.88. The second-order valence-electron chi connectivity index (χ2n) is 4.55. The summed E-state index contributed by atoms with van der Waals surface area (Å²) in [4.78, 5) is 0.863. The maximum atomic E-state index is 13.8. The zero-order valence-electron chi connectivity index (χ0n) is 11.0. The van der Waals surface area contributed by atoms with Gasteiger partial charge in [-0.1, -0.05) is 0 Å². The van der Waals surface area contributed by atoms with Gasteiger partial charge in [0.1, 0.15) is 17.5 Å². The molecule has 1 atom stereocenters. The summed E-state index contributed by atoms with van der Waals surface area (Å²) in [5, 5.41) is 0. The molecule has 21 heavy (non-hydrogen) atoms. The fourth-order valence-corrected chi connectivity index (χ4v) is 3.04. The Morgan fingerprint density at radius 2 is 1.71 bits per heavy atom. The first kappa shape index (κ1) is 16.4. The van der Waals surface area contributed by atoms with Crippen LogP contribution in [0, 0.1) is 17.5 Å². The summed E-state index contributed by atoms with van der Waals surface area (Å²) in [6.45, 7) is 0. The number of halogens is 4. The molecule has 0 aliphatic rings. The molecule has 2 aromatic carbocycles. The summed E-state index contributed by atoms with van der Waals surface area (Å²) in [6, 6.07) is 8.15. The molecule has 1 unspecified atom stereocenters. The normalized spacial score (nSPS) is 12.4. The fourth-order valence-electron chi connectivity index (χ4n) is 1.81. The molecule has 2 rings (SSSR count). The maximum absolute atomic E-state index is 13.8. The molecule has 0 spiro atoms.